The van der Waals surface area contributed by atoms with E-state index in [1.807, 2.05) is 14.1 Å². The van der Waals surface area contributed by atoms with Gasteiger partial charge in [-0.15, -0.1) is 0 Å². The first-order chi connectivity index (χ1) is 10.0. The molecule has 2 heterocycles. The van der Waals surface area contributed by atoms with Crippen LogP contribution in [-0.2, 0) is 6.42 Å². The summed E-state index contributed by atoms with van der Waals surface area (Å²) < 4.78 is 19.2. The van der Waals surface area contributed by atoms with Gasteiger partial charge in [-0.3, -0.25) is 4.90 Å². The van der Waals surface area contributed by atoms with Gasteiger partial charge in [-0.05, 0) is 38.7 Å². The van der Waals surface area contributed by atoms with E-state index in [1.54, 1.807) is 12.1 Å². The Balaban J connectivity index is 1.62. The molecular formula is C16H23FN2O2. The first kappa shape index (κ1) is 14.8. The average molecular weight is 294 g/mol. The van der Waals surface area contributed by atoms with Crippen LogP contribution in [0.3, 0.4) is 0 Å². The van der Waals surface area contributed by atoms with Crippen molar-refractivity contribution < 1.29 is 14.2 Å². The third-order valence-electron chi connectivity index (χ3n) is 4.28. The smallest absolute Gasteiger partial charge is 0.123 e. The fourth-order valence-electron chi connectivity index (χ4n) is 3.44. The number of β-amino-alcohol motifs (C(OH)–C–C–N with tert-alkyl or cyclic N) is 1. The Bertz CT molecular complexity index is 509. The lowest BCUT2D eigenvalue weighted by molar-refractivity contribution is 0.120. The third-order valence-corrected chi connectivity index (χ3v) is 4.28. The molecule has 0 radical (unpaired) electrons. The summed E-state index contributed by atoms with van der Waals surface area (Å²) in [5.74, 6) is 0.588. The van der Waals surface area contributed by atoms with E-state index in [2.05, 4.69) is 9.80 Å². The molecule has 1 fully saturated rings. The summed E-state index contributed by atoms with van der Waals surface area (Å²) in [5, 5.41) is 9.92. The van der Waals surface area contributed by atoms with E-state index >= 15 is 0 Å². The predicted octanol–water partition coefficient (Wildman–Crippen LogP) is 1.13. The molecule has 1 saturated heterocycles. The van der Waals surface area contributed by atoms with Gasteiger partial charge in [0.1, 0.15) is 17.7 Å². The second-order valence-corrected chi connectivity index (χ2v) is 6.46. The molecule has 0 bridgehead atoms. The lowest BCUT2D eigenvalue weighted by Gasteiger charge is -2.28. The van der Waals surface area contributed by atoms with Gasteiger partial charge in [0.15, 0.2) is 0 Å². The van der Waals surface area contributed by atoms with Gasteiger partial charge in [-0.1, -0.05) is 0 Å². The Morgan fingerprint density at radius 2 is 2.24 bits per heavy atom. The minimum atomic E-state index is -0.254. The van der Waals surface area contributed by atoms with Crippen molar-refractivity contribution >= 4 is 0 Å². The normalized spacial score (nSPS) is 28.9. The standard InChI is InChI=1S/C16H23FN2O2/c1-18(2)8-13-7-14(20)9-19(13)10-15-6-11-5-12(17)3-4-16(11)21-15/h3-5,13-15,20H,6-10H2,1-2H3. The number of nitrogens with zero attached hydrogens (tertiary/aromatic N) is 2. The van der Waals surface area contributed by atoms with Crippen LogP contribution >= 0.6 is 0 Å². The Morgan fingerprint density at radius 3 is 3.00 bits per heavy atom. The zero-order valence-electron chi connectivity index (χ0n) is 12.6. The molecule has 2 aliphatic heterocycles. The molecule has 0 spiro atoms. The fraction of sp³-hybridized carbons (Fsp3) is 0.625. The number of halogens is 1. The maximum absolute atomic E-state index is 13.2. The van der Waals surface area contributed by atoms with Crippen molar-refractivity contribution in [3.63, 3.8) is 0 Å². The lowest BCUT2D eigenvalue weighted by atomic mass is 10.1. The molecular weight excluding hydrogens is 271 g/mol. The maximum Gasteiger partial charge on any atom is 0.123 e. The first-order valence-corrected chi connectivity index (χ1v) is 7.53. The number of likely N-dealkylation sites (N-methyl/N-ethyl adjacent to an activating group) is 1. The zero-order valence-corrected chi connectivity index (χ0v) is 12.6. The SMILES string of the molecule is CN(C)CC1CC(O)CN1CC1Cc2cc(F)ccc2O1. The van der Waals surface area contributed by atoms with Crippen molar-refractivity contribution in [2.75, 3.05) is 33.7 Å². The highest BCUT2D eigenvalue weighted by molar-refractivity contribution is 5.38. The lowest BCUT2D eigenvalue weighted by Crippen LogP contribution is -2.42. The molecule has 116 valence electrons. The summed E-state index contributed by atoms with van der Waals surface area (Å²) in [5.41, 5.74) is 0.948. The number of hydrogen-bond acceptors (Lipinski definition) is 4. The molecule has 5 heteroatoms. The van der Waals surface area contributed by atoms with Crippen LogP contribution in [0.5, 0.6) is 5.75 Å². The third kappa shape index (κ3) is 3.36. The Hall–Kier alpha value is -1.17. The van der Waals surface area contributed by atoms with Gasteiger partial charge in [0.2, 0.25) is 0 Å². The summed E-state index contributed by atoms with van der Waals surface area (Å²) in [4.78, 5) is 4.45. The summed E-state index contributed by atoms with van der Waals surface area (Å²) in [6.07, 6.45) is 1.36. The Labute approximate surface area is 125 Å². The number of likely N-dealkylation sites (tertiary alicyclic amines) is 1. The number of aliphatic hydroxyl groups is 1. The van der Waals surface area contributed by atoms with Crippen LogP contribution in [0.2, 0.25) is 0 Å². The molecule has 1 aromatic carbocycles. The van der Waals surface area contributed by atoms with Gasteiger partial charge in [0.05, 0.1) is 6.10 Å². The molecule has 4 nitrogen and oxygen atoms in total. The molecule has 0 amide bonds. The summed E-state index contributed by atoms with van der Waals surface area (Å²) in [6.45, 7) is 2.42. The molecule has 3 unspecified atom stereocenters. The zero-order chi connectivity index (χ0) is 15.0. The van der Waals surface area contributed by atoms with Crippen LogP contribution in [0.4, 0.5) is 4.39 Å². The first-order valence-electron chi connectivity index (χ1n) is 7.53. The van der Waals surface area contributed by atoms with Crippen molar-refractivity contribution in [1.29, 1.82) is 0 Å². The largest absolute Gasteiger partial charge is 0.488 e. The molecule has 0 aliphatic carbocycles. The van der Waals surface area contributed by atoms with Gasteiger partial charge in [0, 0.05) is 37.7 Å². The monoisotopic (exact) mass is 294 g/mol. The van der Waals surface area contributed by atoms with Gasteiger partial charge in [-0.25, -0.2) is 4.39 Å². The maximum atomic E-state index is 13.2. The molecule has 1 aromatic rings. The molecule has 3 atom stereocenters. The Morgan fingerprint density at radius 1 is 1.43 bits per heavy atom. The van der Waals surface area contributed by atoms with Crippen LogP contribution in [0, 0.1) is 5.82 Å². The fourth-order valence-corrected chi connectivity index (χ4v) is 3.44. The van der Waals surface area contributed by atoms with E-state index < -0.39 is 0 Å². The minimum absolute atomic E-state index is 0.0526. The van der Waals surface area contributed by atoms with Crippen LogP contribution in [-0.4, -0.2) is 66.9 Å². The number of benzene rings is 1. The molecule has 0 saturated carbocycles. The Kier molecular flexibility index (Phi) is 4.15. The topological polar surface area (TPSA) is 35.9 Å². The van der Waals surface area contributed by atoms with E-state index in [1.165, 1.54) is 6.07 Å². The van der Waals surface area contributed by atoms with Crippen LogP contribution in [0.1, 0.15) is 12.0 Å². The number of ether oxygens (including phenoxy) is 1. The highest BCUT2D eigenvalue weighted by Gasteiger charge is 2.34. The molecule has 2 aliphatic rings. The van der Waals surface area contributed by atoms with Gasteiger partial charge in [-0.2, -0.15) is 0 Å². The number of rotatable bonds is 4. The summed E-state index contributed by atoms with van der Waals surface area (Å²) in [7, 11) is 4.10. The second kappa shape index (κ2) is 5.91. The van der Waals surface area contributed by atoms with Crippen molar-refractivity contribution in [3.05, 3.63) is 29.6 Å². The quantitative estimate of drug-likeness (QED) is 0.903. The van der Waals surface area contributed by atoms with Crippen molar-refractivity contribution in [3.8, 4) is 5.75 Å². The van der Waals surface area contributed by atoms with Gasteiger partial charge >= 0.3 is 0 Å². The molecule has 3 rings (SSSR count). The number of fused-ring (bicyclic) bond motifs is 1. The second-order valence-electron chi connectivity index (χ2n) is 6.46. The molecule has 21 heavy (non-hydrogen) atoms. The van der Waals surface area contributed by atoms with Crippen molar-refractivity contribution in [2.45, 2.75) is 31.1 Å². The van der Waals surface area contributed by atoms with Gasteiger partial charge < -0.3 is 14.7 Å². The average Bonchev–Trinajstić information content (AvgIpc) is 2.92. The van der Waals surface area contributed by atoms with E-state index in [9.17, 15) is 9.50 Å². The van der Waals surface area contributed by atoms with Crippen LogP contribution in [0.25, 0.3) is 0 Å². The summed E-state index contributed by atoms with van der Waals surface area (Å²) in [6, 6.07) is 5.07. The van der Waals surface area contributed by atoms with Crippen LogP contribution in [0.15, 0.2) is 18.2 Å². The minimum Gasteiger partial charge on any atom is -0.488 e. The summed E-state index contributed by atoms with van der Waals surface area (Å²) >= 11 is 0. The predicted molar refractivity (Wildman–Crippen MR) is 79.1 cm³/mol. The number of hydrogen-bond donors (Lipinski definition) is 1. The highest BCUT2D eigenvalue weighted by Crippen LogP contribution is 2.30. The molecule has 0 aromatic heterocycles. The van der Waals surface area contributed by atoms with E-state index in [4.69, 9.17) is 4.74 Å². The van der Waals surface area contributed by atoms with E-state index in [0.717, 1.165) is 37.2 Å². The van der Waals surface area contributed by atoms with E-state index in [-0.39, 0.29) is 18.0 Å². The van der Waals surface area contributed by atoms with Crippen molar-refractivity contribution in [2.24, 2.45) is 0 Å². The van der Waals surface area contributed by atoms with Crippen molar-refractivity contribution in [1.82, 2.24) is 9.80 Å². The van der Waals surface area contributed by atoms with E-state index in [0.29, 0.717) is 12.6 Å². The molecule has 1 N–H and O–H groups in total. The van der Waals surface area contributed by atoms with Gasteiger partial charge in [0.25, 0.3) is 0 Å². The van der Waals surface area contributed by atoms with Crippen LogP contribution < -0.4 is 4.74 Å². The highest BCUT2D eigenvalue weighted by atomic mass is 19.1. The number of aliphatic hydroxyl groups excluding tert-OH is 1.